The van der Waals surface area contributed by atoms with Crippen LogP contribution in [-0.4, -0.2) is 25.2 Å². The Balaban J connectivity index is 1.83. The van der Waals surface area contributed by atoms with Crippen LogP contribution in [0.4, 0.5) is 11.4 Å². The largest absolute Gasteiger partial charge is 0.463 e. The highest BCUT2D eigenvalue weighted by atomic mass is 16.5. The first-order chi connectivity index (χ1) is 15.1. The van der Waals surface area contributed by atoms with Crippen LogP contribution < -0.4 is 5.32 Å². The summed E-state index contributed by atoms with van der Waals surface area (Å²) in [5, 5.41) is 3.33. The van der Waals surface area contributed by atoms with E-state index >= 15 is 0 Å². The maximum Gasteiger partial charge on any atom is 0.330 e. The van der Waals surface area contributed by atoms with Gasteiger partial charge < -0.3 is 14.8 Å². The quantitative estimate of drug-likeness (QED) is 0.253. The van der Waals surface area contributed by atoms with E-state index in [-0.39, 0.29) is 11.9 Å². The first kappa shape index (κ1) is 23.9. The zero-order valence-corrected chi connectivity index (χ0v) is 18.3. The molecule has 0 aliphatic carbocycles. The molecule has 0 spiro atoms. The Morgan fingerprint density at radius 1 is 0.710 bits per heavy atom. The average Bonchev–Trinajstić information content (AvgIpc) is 2.78. The van der Waals surface area contributed by atoms with Crippen LogP contribution in [0.1, 0.15) is 50.7 Å². The fraction of sp³-hybridized carbons (Fsp3) is 0.308. The van der Waals surface area contributed by atoms with E-state index in [4.69, 9.17) is 9.47 Å². The lowest BCUT2D eigenvalue weighted by Crippen LogP contribution is -2.01. The molecule has 31 heavy (non-hydrogen) atoms. The van der Waals surface area contributed by atoms with Crippen molar-refractivity contribution in [2.24, 2.45) is 0 Å². The molecule has 164 valence electrons. The standard InChI is InChI=1S/C26H31NO4/c1-3-5-19-30-25(28)17-11-21-7-13-23(14-8-21)27-24-15-9-22(10-16-24)12-18-26(29)31-20-6-4-2/h7-18,27H,3-6,19-20H2,1-2H3/b17-11+,18-12+. The fourth-order valence-corrected chi connectivity index (χ4v) is 2.58. The molecule has 0 radical (unpaired) electrons. The van der Waals surface area contributed by atoms with Crippen LogP contribution in [0.15, 0.2) is 60.7 Å². The van der Waals surface area contributed by atoms with Gasteiger partial charge in [0.1, 0.15) is 0 Å². The summed E-state index contributed by atoms with van der Waals surface area (Å²) in [5.74, 6) is -0.641. The maximum absolute atomic E-state index is 11.6. The summed E-state index contributed by atoms with van der Waals surface area (Å²) in [7, 11) is 0. The van der Waals surface area contributed by atoms with Crippen molar-refractivity contribution in [2.45, 2.75) is 39.5 Å². The van der Waals surface area contributed by atoms with E-state index < -0.39 is 0 Å². The van der Waals surface area contributed by atoms with Gasteiger partial charge in [-0.3, -0.25) is 0 Å². The Morgan fingerprint density at radius 2 is 1.10 bits per heavy atom. The number of unbranched alkanes of at least 4 members (excludes halogenated alkanes) is 2. The maximum atomic E-state index is 11.6. The molecule has 5 nitrogen and oxygen atoms in total. The van der Waals surface area contributed by atoms with E-state index in [9.17, 15) is 9.59 Å². The van der Waals surface area contributed by atoms with Crippen molar-refractivity contribution in [3.63, 3.8) is 0 Å². The lowest BCUT2D eigenvalue weighted by molar-refractivity contribution is -0.138. The lowest BCUT2D eigenvalue weighted by Gasteiger charge is -2.07. The Morgan fingerprint density at radius 3 is 1.45 bits per heavy atom. The van der Waals surface area contributed by atoms with Crippen molar-refractivity contribution in [2.75, 3.05) is 18.5 Å². The van der Waals surface area contributed by atoms with Gasteiger partial charge in [0.05, 0.1) is 13.2 Å². The van der Waals surface area contributed by atoms with Gasteiger partial charge in [-0.1, -0.05) is 51.0 Å². The molecular weight excluding hydrogens is 390 g/mol. The van der Waals surface area contributed by atoms with Crippen LogP contribution in [0.3, 0.4) is 0 Å². The number of rotatable bonds is 12. The number of anilines is 2. The number of hydrogen-bond donors (Lipinski definition) is 1. The van der Waals surface area contributed by atoms with Gasteiger partial charge in [0.15, 0.2) is 0 Å². The zero-order chi connectivity index (χ0) is 22.3. The van der Waals surface area contributed by atoms with E-state index in [1.165, 1.54) is 12.2 Å². The van der Waals surface area contributed by atoms with Gasteiger partial charge >= 0.3 is 11.9 Å². The van der Waals surface area contributed by atoms with Gasteiger partial charge in [0.25, 0.3) is 0 Å². The minimum absolute atomic E-state index is 0.320. The number of carbonyl (C=O) groups is 2. The molecule has 0 heterocycles. The van der Waals surface area contributed by atoms with Crippen LogP contribution in [0.5, 0.6) is 0 Å². The van der Waals surface area contributed by atoms with Gasteiger partial charge in [-0.25, -0.2) is 9.59 Å². The normalized spacial score (nSPS) is 11.0. The summed E-state index contributed by atoms with van der Waals surface area (Å²) in [6.45, 7) is 5.03. The predicted molar refractivity (Wildman–Crippen MR) is 126 cm³/mol. The van der Waals surface area contributed by atoms with Crippen LogP contribution in [0.25, 0.3) is 12.2 Å². The number of benzene rings is 2. The Kier molecular flexibility index (Phi) is 10.7. The smallest absolute Gasteiger partial charge is 0.330 e. The fourth-order valence-electron chi connectivity index (χ4n) is 2.58. The molecule has 0 aliphatic rings. The van der Waals surface area contributed by atoms with Crippen molar-refractivity contribution in [3.8, 4) is 0 Å². The topological polar surface area (TPSA) is 64.6 Å². The highest BCUT2D eigenvalue weighted by molar-refractivity contribution is 5.87. The summed E-state index contributed by atoms with van der Waals surface area (Å²) in [4.78, 5) is 23.2. The molecule has 2 aromatic rings. The minimum Gasteiger partial charge on any atom is -0.463 e. The molecule has 0 fully saturated rings. The Bertz CT molecular complexity index is 794. The van der Waals surface area contributed by atoms with Crippen LogP contribution in [0, 0.1) is 0 Å². The summed E-state index contributed by atoms with van der Waals surface area (Å²) in [6.07, 6.45) is 10.1. The van der Waals surface area contributed by atoms with Crippen LogP contribution >= 0.6 is 0 Å². The summed E-state index contributed by atoms with van der Waals surface area (Å²) >= 11 is 0. The van der Waals surface area contributed by atoms with E-state index in [0.717, 1.165) is 48.2 Å². The Labute approximate surface area is 184 Å². The number of carbonyl (C=O) groups excluding carboxylic acids is 2. The van der Waals surface area contributed by atoms with Crippen LogP contribution in [0.2, 0.25) is 0 Å². The van der Waals surface area contributed by atoms with E-state index in [2.05, 4.69) is 19.2 Å². The molecule has 0 unspecified atom stereocenters. The lowest BCUT2D eigenvalue weighted by atomic mass is 10.1. The molecule has 0 atom stereocenters. The van der Waals surface area contributed by atoms with Crippen molar-refractivity contribution in [1.29, 1.82) is 0 Å². The van der Waals surface area contributed by atoms with E-state index in [1.54, 1.807) is 12.2 Å². The number of nitrogens with one attached hydrogen (secondary N) is 1. The monoisotopic (exact) mass is 421 g/mol. The summed E-state index contributed by atoms with van der Waals surface area (Å²) < 4.78 is 10.2. The summed E-state index contributed by atoms with van der Waals surface area (Å²) in [5.41, 5.74) is 3.71. The second-order valence-corrected chi connectivity index (χ2v) is 7.08. The zero-order valence-electron chi connectivity index (χ0n) is 18.3. The second-order valence-electron chi connectivity index (χ2n) is 7.08. The van der Waals surface area contributed by atoms with Gasteiger partial charge in [-0.05, 0) is 60.4 Å². The minimum atomic E-state index is -0.320. The van der Waals surface area contributed by atoms with Crippen LogP contribution in [-0.2, 0) is 19.1 Å². The molecular formula is C26H31NO4. The molecule has 0 aromatic heterocycles. The third-order valence-corrected chi connectivity index (χ3v) is 4.42. The highest BCUT2D eigenvalue weighted by Crippen LogP contribution is 2.19. The van der Waals surface area contributed by atoms with E-state index in [1.807, 2.05) is 48.5 Å². The molecule has 2 aromatic carbocycles. The van der Waals surface area contributed by atoms with Crippen molar-refractivity contribution >= 4 is 35.5 Å². The number of ether oxygens (including phenoxy) is 2. The second kappa shape index (κ2) is 13.8. The predicted octanol–water partition coefficient (Wildman–Crippen LogP) is 6.14. The first-order valence-electron chi connectivity index (χ1n) is 10.8. The SMILES string of the molecule is CCCCOC(=O)/C=C/c1ccc(Nc2ccc(/C=C/C(=O)OCCCC)cc2)cc1. The molecule has 0 amide bonds. The molecule has 0 aliphatic heterocycles. The molecule has 0 saturated heterocycles. The van der Waals surface area contributed by atoms with Gasteiger partial charge in [0, 0.05) is 23.5 Å². The van der Waals surface area contributed by atoms with Gasteiger partial charge in [0.2, 0.25) is 0 Å². The molecule has 5 heteroatoms. The third kappa shape index (κ3) is 9.81. The molecule has 0 bridgehead atoms. The van der Waals surface area contributed by atoms with Gasteiger partial charge in [-0.2, -0.15) is 0 Å². The number of hydrogen-bond acceptors (Lipinski definition) is 5. The summed E-state index contributed by atoms with van der Waals surface area (Å²) in [6, 6.07) is 15.5. The molecule has 1 N–H and O–H groups in total. The number of esters is 2. The van der Waals surface area contributed by atoms with Gasteiger partial charge in [-0.15, -0.1) is 0 Å². The highest BCUT2D eigenvalue weighted by Gasteiger charge is 1.99. The van der Waals surface area contributed by atoms with E-state index in [0.29, 0.717) is 13.2 Å². The van der Waals surface area contributed by atoms with Crippen molar-refractivity contribution < 1.29 is 19.1 Å². The average molecular weight is 422 g/mol. The molecule has 0 saturated carbocycles. The van der Waals surface area contributed by atoms with Crippen molar-refractivity contribution in [1.82, 2.24) is 0 Å². The third-order valence-electron chi connectivity index (χ3n) is 4.42. The van der Waals surface area contributed by atoms with Crippen molar-refractivity contribution in [3.05, 3.63) is 71.8 Å². The Hall–Kier alpha value is -3.34. The molecule has 2 rings (SSSR count). The first-order valence-corrected chi connectivity index (χ1v) is 10.8.